The first-order valence-electron chi connectivity index (χ1n) is 12.2. The molecule has 3 heteroatoms. The molecule has 0 spiro atoms. The summed E-state index contributed by atoms with van der Waals surface area (Å²) in [6.45, 7) is 18.0. The summed E-state index contributed by atoms with van der Waals surface area (Å²) >= 11 is 0. The highest BCUT2D eigenvalue weighted by Crippen LogP contribution is 2.58. The van der Waals surface area contributed by atoms with Crippen molar-refractivity contribution < 1.29 is 14.6 Å². The minimum absolute atomic E-state index is 0.0524. The zero-order valence-corrected chi connectivity index (χ0v) is 20.3. The normalized spacial score (nSPS) is 47.6. The third kappa shape index (κ3) is 4.21. The predicted octanol–water partition coefficient (Wildman–Crippen LogP) is 6.49. The summed E-state index contributed by atoms with van der Waals surface area (Å²) in [7, 11) is 0. The monoisotopic (exact) mass is 406 g/mol. The van der Waals surface area contributed by atoms with E-state index < -0.39 is 5.79 Å². The Morgan fingerprint density at radius 2 is 1.79 bits per heavy atom. The lowest BCUT2D eigenvalue weighted by Gasteiger charge is -2.47. The van der Waals surface area contributed by atoms with Gasteiger partial charge in [0.25, 0.3) is 0 Å². The van der Waals surface area contributed by atoms with Crippen LogP contribution in [0.1, 0.15) is 100 Å². The van der Waals surface area contributed by atoms with Gasteiger partial charge in [0, 0.05) is 0 Å². The van der Waals surface area contributed by atoms with Crippen molar-refractivity contribution in [3.8, 4) is 0 Å². The van der Waals surface area contributed by atoms with Gasteiger partial charge in [-0.25, -0.2) is 0 Å². The minimum Gasteiger partial charge on any atom is -0.393 e. The Morgan fingerprint density at radius 3 is 2.38 bits per heavy atom. The van der Waals surface area contributed by atoms with Crippen LogP contribution in [0.4, 0.5) is 0 Å². The number of rotatable bonds is 3. The second-order valence-corrected chi connectivity index (χ2v) is 11.4. The lowest BCUT2D eigenvalue weighted by atomic mass is 9.60. The van der Waals surface area contributed by atoms with E-state index in [9.17, 15) is 5.11 Å². The molecular weight excluding hydrogens is 360 g/mol. The molecule has 3 unspecified atom stereocenters. The third-order valence-electron chi connectivity index (χ3n) is 9.08. The van der Waals surface area contributed by atoms with E-state index in [4.69, 9.17) is 9.47 Å². The van der Waals surface area contributed by atoms with Crippen molar-refractivity contribution in [2.75, 3.05) is 0 Å². The second-order valence-electron chi connectivity index (χ2n) is 11.4. The van der Waals surface area contributed by atoms with Gasteiger partial charge in [-0.3, -0.25) is 0 Å². The highest BCUT2D eigenvalue weighted by atomic mass is 16.8. The maximum atomic E-state index is 10.4. The molecule has 0 amide bonds. The van der Waals surface area contributed by atoms with Crippen LogP contribution < -0.4 is 0 Å². The van der Waals surface area contributed by atoms with E-state index in [0.717, 1.165) is 12.8 Å². The molecule has 1 heterocycles. The van der Waals surface area contributed by atoms with Gasteiger partial charge >= 0.3 is 0 Å². The fourth-order valence-corrected chi connectivity index (χ4v) is 7.25. The SMILES string of the molecule is C/C=C1/CCC2C(C)[C@H]3OC(C)(C)O[C@@H]3C(C[C@H](C)O)[C@](C)(CC)CCC[C@]12C. The van der Waals surface area contributed by atoms with Crippen LogP contribution in [0.5, 0.6) is 0 Å². The van der Waals surface area contributed by atoms with Crippen molar-refractivity contribution in [3.05, 3.63) is 11.6 Å². The number of hydrogen-bond acceptors (Lipinski definition) is 3. The molecular formula is C26H46O3. The lowest BCUT2D eigenvalue weighted by molar-refractivity contribution is -0.160. The predicted molar refractivity (Wildman–Crippen MR) is 120 cm³/mol. The molecule has 0 aromatic carbocycles. The average Bonchev–Trinajstić information content (AvgIpc) is 3.14. The summed E-state index contributed by atoms with van der Waals surface area (Å²) in [5.41, 5.74) is 2.09. The van der Waals surface area contributed by atoms with Crippen molar-refractivity contribution in [3.63, 3.8) is 0 Å². The van der Waals surface area contributed by atoms with Crippen LogP contribution in [0.3, 0.4) is 0 Å². The highest BCUT2D eigenvalue weighted by molar-refractivity contribution is 5.21. The van der Waals surface area contributed by atoms with Gasteiger partial charge in [-0.2, -0.15) is 0 Å². The van der Waals surface area contributed by atoms with Crippen LogP contribution in [0.15, 0.2) is 11.6 Å². The van der Waals surface area contributed by atoms with Gasteiger partial charge in [0.2, 0.25) is 0 Å². The zero-order chi connectivity index (χ0) is 21.6. The van der Waals surface area contributed by atoms with Crippen LogP contribution in [0.25, 0.3) is 0 Å². The number of ether oxygens (including phenoxy) is 2. The minimum atomic E-state index is -0.554. The van der Waals surface area contributed by atoms with Crippen molar-refractivity contribution in [1.82, 2.24) is 0 Å². The molecule has 3 nitrogen and oxygen atoms in total. The smallest absolute Gasteiger partial charge is 0.163 e. The fraction of sp³-hybridized carbons (Fsp3) is 0.923. The summed E-state index contributed by atoms with van der Waals surface area (Å²) < 4.78 is 13.3. The van der Waals surface area contributed by atoms with Crippen LogP contribution in [0.2, 0.25) is 0 Å². The molecule has 0 aromatic heterocycles. The number of aliphatic hydroxyl groups excluding tert-OH is 1. The van der Waals surface area contributed by atoms with Crippen LogP contribution >= 0.6 is 0 Å². The summed E-state index contributed by atoms with van der Waals surface area (Å²) in [5, 5.41) is 10.4. The van der Waals surface area contributed by atoms with E-state index in [0.29, 0.717) is 17.8 Å². The Balaban J connectivity index is 2.06. The van der Waals surface area contributed by atoms with Crippen LogP contribution in [-0.2, 0) is 9.47 Å². The van der Waals surface area contributed by atoms with Gasteiger partial charge in [-0.15, -0.1) is 0 Å². The molecule has 0 radical (unpaired) electrons. The maximum absolute atomic E-state index is 10.4. The molecule has 2 saturated carbocycles. The van der Waals surface area contributed by atoms with Gasteiger partial charge in [0.1, 0.15) is 0 Å². The van der Waals surface area contributed by atoms with Crippen molar-refractivity contribution in [1.29, 1.82) is 0 Å². The number of allylic oxidation sites excluding steroid dienone is 2. The molecule has 2 aliphatic carbocycles. The Kier molecular flexibility index (Phi) is 6.65. The Labute approximate surface area is 179 Å². The topological polar surface area (TPSA) is 38.7 Å². The molecule has 168 valence electrons. The maximum Gasteiger partial charge on any atom is 0.163 e. The first-order chi connectivity index (χ1) is 13.5. The summed E-state index contributed by atoms with van der Waals surface area (Å²) in [6, 6.07) is 0. The van der Waals surface area contributed by atoms with E-state index in [1.165, 1.54) is 32.1 Å². The number of fused-ring (bicyclic) bond motifs is 2. The van der Waals surface area contributed by atoms with E-state index in [1.807, 2.05) is 6.92 Å². The lowest BCUT2D eigenvalue weighted by Crippen LogP contribution is -2.48. The molecule has 1 saturated heterocycles. The molecule has 29 heavy (non-hydrogen) atoms. The van der Waals surface area contributed by atoms with Gasteiger partial charge in [-0.05, 0) is 88.4 Å². The molecule has 3 aliphatic rings. The van der Waals surface area contributed by atoms with E-state index in [1.54, 1.807) is 5.57 Å². The summed E-state index contributed by atoms with van der Waals surface area (Å²) in [6.07, 6.45) is 10.3. The number of aliphatic hydroxyl groups is 1. The fourth-order valence-electron chi connectivity index (χ4n) is 7.25. The quantitative estimate of drug-likeness (QED) is 0.544. The van der Waals surface area contributed by atoms with E-state index in [2.05, 4.69) is 54.5 Å². The molecule has 1 aliphatic heterocycles. The van der Waals surface area contributed by atoms with Gasteiger partial charge in [0.15, 0.2) is 5.79 Å². The van der Waals surface area contributed by atoms with Crippen LogP contribution in [-0.4, -0.2) is 29.2 Å². The summed E-state index contributed by atoms with van der Waals surface area (Å²) in [4.78, 5) is 0. The second kappa shape index (κ2) is 8.28. The van der Waals surface area contributed by atoms with E-state index in [-0.39, 0.29) is 29.1 Å². The standard InChI is InChI=1S/C26H46O3/c1-9-19-12-13-20-18(4)22-23(29-24(5,6)28-22)21(16-17(3)27)25(7,10-2)14-11-15-26(19,20)8/h9,17-18,20-23,27H,10-16H2,1-8H3/b19-9-/t17-,18?,20?,21?,22+,23+,25+,26+/m0/s1. The third-order valence-corrected chi connectivity index (χ3v) is 9.08. The molecule has 3 rings (SSSR count). The average molecular weight is 407 g/mol. The Morgan fingerprint density at radius 1 is 1.14 bits per heavy atom. The molecule has 8 atom stereocenters. The van der Waals surface area contributed by atoms with Crippen molar-refractivity contribution in [2.45, 2.75) is 124 Å². The zero-order valence-electron chi connectivity index (χ0n) is 20.3. The van der Waals surface area contributed by atoms with Crippen LogP contribution in [0, 0.1) is 28.6 Å². The number of hydrogen-bond donors (Lipinski definition) is 1. The van der Waals surface area contributed by atoms with E-state index >= 15 is 0 Å². The largest absolute Gasteiger partial charge is 0.393 e. The van der Waals surface area contributed by atoms with Crippen molar-refractivity contribution >= 4 is 0 Å². The van der Waals surface area contributed by atoms with Gasteiger partial charge < -0.3 is 14.6 Å². The molecule has 0 aromatic rings. The van der Waals surface area contributed by atoms with Gasteiger partial charge in [-0.1, -0.05) is 52.2 Å². The first kappa shape index (κ1) is 23.3. The first-order valence-corrected chi connectivity index (χ1v) is 12.2. The molecule has 0 bridgehead atoms. The molecule has 3 fully saturated rings. The Bertz CT molecular complexity index is 609. The molecule has 1 N–H and O–H groups in total. The summed E-state index contributed by atoms with van der Waals surface area (Å²) in [5.74, 6) is 0.840. The van der Waals surface area contributed by atoms with Gasteiger partial charge in [0.05, 0.1) is 18.3 Å². The van der Waals surface area contributed by atoms with Crippen molar-refractivity contribution in [2.24, 2.45) is 28.6 Å². The highest BCUT2D eigenvalue weighted by Gasteiger charge is 2.56. The Hall–Kier alpha value is -0.380.